The minimum Gasteiger partial charge on any atom is -0.0654 e. The van der Waals surface area contributed by atoms with Gasteiger partial charge in [0.05, 0.1) is 0 Å². The van der Waals surface area contributed by atoms with E-state index < -0.39 is 0 Å². The average molecular weight is 406 g/mol. The van der Waals surface area contributed by atoms with E-state index in [1.165, 1.54) is 114 Å². The zero-order chi connectivity index (χ0) is 20.3. The fourth-order valence-electron chi connectivity index (χ4n) is 3.80. The second-order valence-electron chi connectivity index (χ2n) is 8.62. The van der Waals surface area contributed by atoms with E-state index in [1.807, 2.05) is 0 Å². The van der Waals surface area contributed by atoms with Crippen LogP contribution in [0.1, 0.15) is 122 Å². The molecule has 0 spiro atoms. The number of aryl methyl sites for hydroxylation is 1. The predicted octanol–water partition coefficient (Wildman–Crippen LogP) is 8.87. The highest BCUT2D eigenvalue weighted by Crippen LogP contribution is 2.16. The molecule has 0 heterocycles. The number of hydrogen-bond acceptors (Lipinski definition) is 0. The van der Waals surface area contributed by atoms with Crippen LogP contribution in [-0.2, 0) is 23.1 Å². The molecule has 0 saturated heterocycles. The molecule has 0 aliphatic carbocycles. The number of unbranched alkanes of at least 4 members (excludes halogenated alkanes) is 11. The number of hydrogen-bond donors (Lipinski definition) is 0. The lowest BCUT2D eigenvalue weighted by Crippen LogP contribution is -2.15. The third-order valence-corrected chi connectivity index (χ3v) is 8.26. The van der Waals surface area contributed by atoms with Crippen LogP contribution in [0.5, 0.6) is 0 Å². The van der Waals surface area contributed by atoms with Crippen LogP contribution in [0.3, 0.4) is 0 Å². The summed E-state index contributed by atoms with van der Waals surface area (Å²) in [5.41, 5.74) is 3.12. The maximum atomic E-state index is 2.42. The highest BCUT2D eigenvalue weighted by molar-refractivity contribution is 7.96. The van der Waals surface area contributed by atoms with Crippen molar-refractivity contribution in [1.82, 2.24) is 0 Å². The molecule has 1 rings (SSSR count). The van der Waals surface area contributed by atoms with E-state index in [0.29, 0.717) is 10.9 Å². The van der Waals surface area contributed by atoms with E-state index >= 15 is 0 Å². The molecule has 0 aliphatic heterocycles. The molecule has 0 amide bonds. The summed E-state index contributed by atoms with van der Waals surface area (Å²) in [4.78, 5) is 0. The summed E-state index contributed by atoms with van der Waals surface area (Å²) in [7, 11) is 0.605. The molecule has 28 heavy (non-hydrogen) atoms. The molecule has 1 aromatic carbocycles. The van der Waals surface area contributed by atoms with E-state index in [9.17, 15) is 0 Å². The second kappa shape index (κ2) is 18.6. The third kappa shape index (κ3) is 13.7. The highest BCUT2D eigenvalue weighted by atomic mass is 32.2. The Hall–Kier alpha value is -0.430. The minimum atomic E-state index is 0.605. The van der Waals surface area contributed by atoms with Gasteiger partial charge in [-0.05, 0) is 42.1 Å². The zero-order valence-corrected chi connectivity index (χ0v) is 20.3. The van der Waals surface area contributed by atoms with Gasteiger partial charge in [0, 0.05) is 5.56 Å². The Morgan fingerprint density at radius 3 is 1.43 bits per heavy atom. The van der Waals surface area contributed by atoms with Gasteiger partial charge in [-0.25, -0.2) is 0 Å². The Labute approximate surface area is 180 Å². The second-order valence-corrected chi connectivity index (χ2v) is 11.0. The quantitative estimate of drug-likeness (QED) is 0.159. The van der Waals surface area contributed by atoms with Crippen molar-refractivity contribution in [2.75, 3.05) is 11.5 Å². The summed E-state index contributed by atoms with van der Waals surface area (Å²) in [5.74, 6) is 4.20. The normalized spacial score (nSPS) is 11.4. The van der Waals surface area contributed by atoms with Gasteiger partial charge in [0.2, 0.25) is 0 Å². The van der Waals surface area contributed by atoms with Crippen LogP contribution < -0.4 is 0 Å². The molecule has 162 valence electrons. The average Bonchev–Trinajstić information content (AvgIpc) is 2.72. The minimum absolute atomic E-state index is 0.605. The summed E-state index contributed by atoms with van der Waals surface area (Å²) in [5, 5.41) is 0. The van der Waals surface area contributed by atoms with Gasteiger partial charge >= 0.3 is 0 Å². The first-order chi connectivity index (χ1) is 13.8. The van der Waals surface area contributed by atoms with Crippen LogP contribution in [-0.4, -0.2) is 11.5 Å². The fraction of sp³-hybridized carbons (Fsp3) is 0.778. The van der Waals surface area contributed by atoms with Crippen LogP contribution in [0.4, 0.5) is 0 Å². The van der Waals surface area contributed by atoms with Crippen LogP contribution in [0.2, 0.25) is 0 Å². The molecule has 0 unspecified atom stereocenters. The Kier molecular flexibility index (Phi) is 17.0. The Morgan fingerprint density at radius 1 is 0.500 bits per heavy atom. The summed E-state index contributed by atoms with van der Waals surface area (Å²) >= 11 is 0. The summed E-state index contributed by atoms with van der Waals surface area (Å²) in [6.07, 6.45) is 21.0. The largest absolute Gasteiger partial charge is 0.133 e. The van der Waals surface area contributed by atoms with E-state index in [4.69, 9.17) is 0 Å². The van der Waals surface area contributed by atoms with Crippen molar-refractivity contribution in [2.24, 2.45) is 0 Å². The van der Waals surface area contributed by atoms with Gasteiger partial charge in [-0.15, -0.1) is 0 Å². The highest BCUT2D eigenvalue weighted by Gasteiger charge is 2.17. The van der Waals surface area contributed by atoms with Gasteiger partial charge in [0.25, 0.3) is 0 Å². The molecule has 0 aliphatic rings. The standard InChI is InChI=1S/C27H49S/c1-4-7-10-11-12-13-14-15-16-17-18-26-19-21-27(22-20-26)25-28(23-8-5-2)24-9-6-3/h19-22H,4-18,23-25H2,1-3H3/q+1. The van der Waals surface area contributed by atoms with Gasteiger partial charge in [-0.1, -0.05) is 116 Å². The predicted molar refractivity (Wildman–Crippen MR) is 133 cm³/mol. The lowest BCUT2D eigenvalue weighted by atomic mass is 10.0. The van der Waals surface area contributed by atoms with E-state index in [0.717, 1.165) is 0 Å². The van der Waals surface area contributed by atoms with Crippen LogP contribution in [0.15, 0.2) is 24.3 Å². The van der Waals surface area contributed by atoms with Gasteiger partial charge in [-0.2, -0.15) is 0 Å². The number of rotatable bonds is 19. The SMILES string of the molecule is CCCCCCCCCCCCc1ccc(C[S+](CCCC)CCCC)cc1. The molecule has 0 aromatic heterocycles. The lowest BCUT2D eigenvalue weighted by molar-refractivity contribution is 0.556. The fourth-order valence-corrected chi connectivity index (χ4v) is 6.35. The Morgan fingerprint density at radius 2 is 0.929 bits per heavy atom. The maximum Gasteiger partial charge on any atom is 0.133 e. The molecule has 0 N–H and O–H groups in total. The zero-order valence-electron chi connectivity index (χ0n) is 19.4. The molecule has 0 radical (unpaired) electrons. The first-order valence-electron chi connectivity index (χ1n) is 12.5. The Balaban J connectivity index is 2.16. The number of benzene rings is 1. The third-order valence-electron chi connectivity index (χ3n) is 5.79. The van der Waals surface area contributed by atoms with Crippen molar-refractivity contribution in [2.45, 2.75) is 123 Å². The summed E-state index contributed by atoms with van der Waals surface area (Å²) in [6.45, 7) is 6.94. The maximum absolute atomic E-state index is 2.42. The molecular weight excluding hydrogens is 356 g/mol. The van der Waals surface area contributed by atoms with Gasteiger partial charge in [0.1, 0.15) is 17.3 Å². The molecule has 0 bridgehead atoms. The van der Waals surface area contributed by atoms with Crippen molar-refractivity contribution >= 4 is 10.9 Å². The van der Waals surface area contributed by atoms with Gasteiger partial charge in [0.15, 0.2) is 0 Å². The molecule has 1 heteroatoms. The van der Waals surface area contributed by atoms with Crippen molar-refractivity contribution in [1.29, 1.82) is 0 Å². The molecule has 0 nitrogen and oxygen atoms in total. The first-order valence-corrected chi connectivity index (χ1v) is 14.2. The molecule has 0 fully saturated rings. The first kappa shape index (κ1) is 25.6. The topological polar surface area (TPSA) is 0 Å². The Bertz CT molecular complexity index is 428. The molecule has 1 aromatic rings. The lowest BCUT2D eigenvalue weighted by Gasteiger charge is -2.09. The van der Waals surface area contributed by atoms with Gasteiger partial charge in [-0.3, -0.25) is 0 Å². The van der Waals surface area contributed by atoms with Crippen LogP contribution >= 0.6 is 0 Å². The molecule has 0 atom stereocenters. The van der Waals surface area contributed by atoms with Crippen molar-refractivity contribution in [3.8, 4) is 0 Å². The van der Waals surface area contributed by atoms with E-state index in [2.05, 4.69) is 45.0 Å². The molecule has 0 saturated carbocycles. The van der Waals surface area contributed by atoms with Gasteiger partial charge < -0.3 is 0 Å². The monoisotopic (exact) mass is 405 g/mol. The van der Waals surface area contributed by atoms with Crippen molar-refractivity contribution < 1.29 is 0 Å². The summed E-state index contributed by atoms with van der Waals surface area (Å²) in [6, 6.07) is 9.65. The smallest absolute Gasteiger partial charge is 0.0654 e. The van der Waals surface area contributed by atoms with E-state index in [-0.39, 0.29) is 0 Å². The van der Waals surface area contributed by atoms with E-state index in [1.54, 1.807) is 11.1 Å². The van der Waals surface area contributed by atoms with Crippen LogP contribution in [0, 0.1) is 0 Å². The van der Waals surface area contributed by atoms with Crippen LogP contribution in [0.25, 0.3) is 0 Å². The summed E-state index contributed by atoms with van der Waals surface area (Å²) < 4.78 is 0. The molecular formula is C27H49S+. The van der Waals surface area contributed by atoms with Crippen molar-refractivity contribution in [3.63, 3.8) is 0 Å². The van der Waals surface area contributed by atoms with Crippen molar-refractivity contribution in [3.05, 3.63) is 35.4 Å².